The summed E-state index contributed by atoms with van der Waals surface area (Å²) < 4.78 is 13.6. The highest BCUT2D eigenvalue weighted by Gasteiger charge is 2.72. The molecule has 4 aliphatic rings. The summed E-state index contributed by atoms with van der Waals surface area (Å²) in [7, 11) is 0. The van der Waals surface area contributed by atoms with Gasteiger partial charge in [0.15, 0.2) is 0 Å². The maximum Gasteiger partial charge on any atom is 0.313 e. The van der Waals surface area contributed by atoms with E-state index in [1.807, 2.05) is 60.7 Å². The van der Waals surface area contributed by atoms with Crippen LogP contribution in [0, 0.1) is 11.8 Å². The van der Waals surface area contributed by atoms with Crippen LogP contribution in [0.25, 0.3) is 11.0 Å². The van der Waals surface area contributed by atoms with Crippen LogP contribution in [0.4, 0.5) is 0 Å². The van der Waals surface area contributed by atoms with Gasteiger partial charge < -0.3 is 24.4 Å². The van der Waals surface area contributed by atoms with Crippen molar-refractivity contribution in [2.24, 2.45) is 11.8 Å². The van der Waals surface area contributed by atoms with E-state index in [-0.39, 0.29) is 32.3 Å². The summed E-state index contributed by atoms with van der Waals surface area (Å²) in [5.74, 6) is -3.19. The summed E-state index contributed by atoms with van der Waals surface area (Å²) >= 11 is 0. The average Bonchev–Trinajstić information content (AvgIpc) is 3.54. The number of carbonyl (C=O) groups is 3. The zero-order valence-corrected chi connectivity index (χ0v) is 22.2. The standard InChI is InChI=1S/C30H29N5O6/c36-17-20(16-19-8-2-1-3-9-19)35-26-28(38)33(18-34-22-11-5-4-10-21(22)31-32-34)14-7-13-30(26)25(27(35)37)24-23(41-30)12-6-15-40-29(24)39/h1-13,20,23-26,36H,14-18H2/t20-,23-,24+,25+,26?,30+/m1/s1. The Hall–Kier alpha value is -4.35. The lowest BCUT2D eigenvalue weighted by molar-refractivity contribution is -0.155. The Bertz CT molecular complexity index is 1570. The summed E-state index contributed by atoms with van der Waals surface area (Å²) in [6.07, 6.45) is 6.64. The van der Waals surface area contributed by atoms with Gasteiger partial charge >= 0.3 is 5.97 Å². The summed E-state index contributed by atoms with van der Waals surface area (Å²) in [5, 5.41) is 19.1. The number of amides is 2. The number of aliphatic hydroxyl groups excluding tert-OH is 1. The quantitative estimate of drug-likeness (QED) is 0.354. The maximum atomic E-state index is 14.5. The summed E-state index contributed by atoms with van der Waals surface area (Å²) in [5.41, 5.74) is 0.967. The van der Waals surface area contributed by atoms with Crippen molar-refractivity contribution in [2.45, 2.75) is 36.9 Å². The number of hydrogen-bond acceptors (Lipinski definition) is 8. The maximum absolute atomic E-state index is 14.5. The van der Waals surface area contributed by atoms with E-state index in [0.717, 1.165) is 11.1 Å². The molecule has 2 saturated heterocycles. The van der Waals surface area contributed by atoms with Gasteiger partial charge in [-0.2, -0.15) is 0 Å². The lowest BCUT2D eigenvalue weighted by atomic mass is 9.78. The van der Waals surface area contributed by atoms with Crippen LogP contribution >= 0.6 is 0 Å². The Morgan fingerprint density at radius 1 is 1.02 bits per heavy atom. The van der Waals surface area contributed by atoms with E-state index < -0.39 is 47.5 Å². The smallest absolute Gasteiger partial charge is 0.313 e. The molecule has 1 aromatic heterocycles. The highest BCUT2D eigenvalue weighted by atomic mass is 16.6. The molecular weight excluding hydrogens is 526 g/mol. The Morgan fingerprint density at radius 2 is 1.83 bits per heavy atom. The van der Waals surface area contributed by atoms with E-state index in [1.54, 1.807) is 27.8 Å². The molecule has 2 aromatic carbocycles. The zero-order valence-electron chi connectivity index (χ0n) is 22.2. The Kier molecular flexibility index (Phi) is 6.20. The number of carbonyl (C=O) groups excluding carboxylic acids is 3. The molecule has 1 N–H and O–H groups in total. The number of benzene rings is 2. The number of nitrogens with zero attached hydrogens (tertiary/aromatic N) is 5. The van der Waals surface area contributed by atoms with Crippen molar-refractivity contribution in [1.82, 2.24) is 24.8 Å². The van der Waals surface area contributed by atoms with Crippen LogP contribution in [0.3, 0.4) is 0 Å². The molecule has 0 radical (unpaired) electrons. The van der Waals surface area contributed by atoms with Crippen LogP contribution < -0.4 is 0 Å². The summed E-state index contributed by atoms with van der Waals surface area (Å²) in [6, 6.07) is 15.1. The fraction of sp³-hybridized carbons (Fsp3) is 0.367. The van der Waals surface area contributed by atoms with Crippen molar-refractivity contribution in [2.75, 3.05) is 19.8 Å². The molecule has 2 fully saturated rings. The van der Waals surface area contributed by atoms with Gasteiger partial charge in [0.25, 0.3) is 5.91 Å². The molecule has 11 heteroatoms. The number of rotatable bonds is 6. The minimum Gasteiger partial charge on any atom is -0.461 e. The number of cyclic esters (lactones) is 1. The van der Waals surface area contributed by atoms with Crippen LogP contribution in [0.5, 0.6) is 0 Å². The molecule has 1 unspecified atom stereocenters. The van der Waals surface area contributed by atoms with Crippen LogP contribution in [0.2, 0.25) is 0 Å². The highest BCUT2D eigenvalue weighted by Crippen LogP contribution is 2.54. The second-order valence-electron chi connectivity index (χ2n) is 10.9. The van der Waals surface area contributed by atoms with Crippen LogP contribution in [0.15, 0.2) is 78.9 Å². The number of aliphatic hydroxyl groups is 1. The Balaban J connectivity index is 1.31. The monoisotopic (exact) mass is 555 g/mol. The van der Waals surface area contributed by atoms with Gasteiger partial charge in [-0.05, 0) is 30.2 Å². The van der Waals surface area contributed by atoms with Gasteiger partial charge in [-0.3, -0.25) is 14.4 Å². The number of aromatic nitrogens is 3. The molecule has 5 heterocycles. The third-order valence-corrected chi connectivity index (χ3v) is 8.58. The number of fused-ring (bicyclic) bond motifs is 3. The third-order valence-electron chi connectivity index (χ3n) is 8.58. The predicted octanol–water partition coefficient (Wildman–Crippen LogP) is 1.08. The average molecular weight is 556 g/mol. The van der Waals surface area contributed by atoms with Gasteiger partial charge in [0.1, 0.15) is 36.4 Å². The molecule has 3 aromatic rings. The molecule has 1 spiro atoms. The first-order chi connectivity index (χ1) is 20.0. The zero-order chi connectivity index (χ0) is 28.1. The van der Waals surface area contributed by atoms with Gasteiger partial charge in [-0.1, -0.05) is 65.9 Å². The SMILES string of the molecule is O=C1OCC=C[C@H]2O[C@]34C=CCN(Cn5nnc6ccccc65)C(=O)C3N([C@@H](CO)Cc3ccccc3)C(=O)[C@@H]4[C@@H]12. The van der Waals surface area contributed by atoms with E-state index in [1.165, 1.54) is 4.90 Å². The molecule has 0 saturated carbocycles. The number of hydrogen-bond donors (Lipinski definition) is 1. The number of esters is 1. The molecule has 7 rings (SSSR count). The second-order valence-corrected chi connectivity index (χ2v) is 10.9. The molecular formula is C30H29N5O6. The van der Waals surface area contributed by atoms with Gasteiger partial charge in [0, 0.05) is 6.54 Å². The number of ether oxygens (including phenoxy) is 2. The van der Waals surface area contributed by atoms with Crippen LogP contribution in [-0.4, -0.2) is 91.2 Å². The minimum atomic E-state index is -1.41. The van der Waals surface area contributed by atoms with E-state index in [2.05, 4.69) is 10.3 Å². The highest BCUT2D eigenvalue weighted by molar-refractivity contribution is 5.99. The number of likely N-dealkylation sites (tertiary alicyclic amines) is 1. The molecule has 4 aliphatic heterocycles. The number of para-hydroxylation sites is 1. The predicted molar refractivity (Wildman–Crippen MR) is 145 cm³/mol. The third kappa shape index (κ3) is 3.98. The van der Waals surface area contributed by atoms with E-state index in [0.29, 0.717) is 11.9 Å². The summed E-state index contributed by atoms with van der Waals surface area (Å²) in [4.78, 5) is 45.1. The van der Waals surface area contributed by atoms with Crippen molar-refractivity contribution < 1.29 is 29.0 Å². The van der Waals surface area contributed by atoms with E-state index >= 15 is 0 Å². The molecule has 41 heavy (non-hydrogen) atoms. The van der Waals surface area contributed by atoms with Crippen LogP contribution in [0.1, 0.15) is 5.56 Å². The first-order valence-electron chi connectivity index (χ1n) is 13.7. The fourth-order valence-electron chi connectivity index (χ4n) is 6.80. The van der Waals surface area contributed by atoms with E-state index in [4.69, 9.17) is 9.47 Å². The molecule has 11 nitrogen and oxygen atoms in total. The van der Waals surface area contributed by atoms with Crippen molar-refractivity contribution >= 4 is 28.8 Å². The topological polar surface area (TPSA) is 127 Å². The molecule has 0 bridgehead atoms. The van der Waals surface area contributed by atoms with Crippen molar-refractivity contribution in [3.05, 3.63) is 84.5 Å². The minimum absolute atomic E-state index is 0.0952. The van der Waals surface area contributed by atoms with Gasteiger partial charge in [-0.25, -0.2) is 4.68 Å². The van der Waals surface area contributed by atoms with Crippen LogP contribution in [-0.2, 0) is 36.9 Å². The fourth-order valence-corrected chi connectivity index (χ4v) is 6.80. The first kappa shape index (κ1) is 25.6. The Morgan fingerprint density at radius 3 is 2.66 bits per heavy atom. The lowest BCUT2D eigenvalue weighted by Gasteiger charge is -2.38. The first-order valence-corrected chi connectivity index (χ1v) is 13.7. The van der Waals surface area contributed by atoms with Gasteiger partial charge in [0.05, 0.1) is 30.2 Å². The van der Waals surface area contributed by atoms with Crippen molar-refractivity contribution in [3.63, 3.8) is 0 Å². The largest absolute Gasteiger partial charge is 0.461 e. The molecule has 2 amide bonds. The van der Waals surface area contributed by atoms with E-state index in [9.17, 15) is 19.5 Å². The summed E-state index contributed by atoms with van der Waals surface area (Å²) in [6.45, 7) is 0.0583. The van der Waals surface area contributed by atoms with Gasteiger partial charge in [-0.15, -0.1) is 5.10 Å². The van der Waals surface area contributed by atoms with Crippen molar-refractivity contribution in [1.29, 1.82) is 0 Å². The Labute approximate surface area is 235 Å². The molecule has 210 valence electrons. The van der Waals surface area contributed by atoms with Gasteiger partial charge in [0.2, 0.25) is 5.91 Å². The van der Waals surface area contributed by atoms with Crippen molar-refractivity contribution in [3.8, 4) is 0 Å². The lowest BCUT2D eigenvalue weighted by Crippen LogP contribution is -2.58. The molecule has 6 atom stereocenters. The normalized spacial score (nSPS) is 29.6. The second kappa shape index (κ2) is 9.93. The molecule has 0 aliphatic carbocycles.